The van der Waals surface area contributed by atoms with E-state index in [2.05, 4.69) is 34.3 Å². The van der Waals surface area contributed by atoms with Gasteiger partial charge in [0.2, 0.25) is 0 Å². The predicted molar refractivity (Wildman–Crippen MR) is 65.9 cm³/mol. The first-order valence-corrected chi connectivity index (χ1v) is 5.85. The molecule has 0 aliphatic heterocycles. The summed E-state index contributed by atoms with van der Waals surface area (Å²) in [4.78, 5) is 4.44. The Labute approximate surface area is 97.7 Å². The predicted octanol–water partition coefficient (Wildman–Crippen LogP) is 2.38. The van der Waals surface area contributed by atoms with Crippen molar-refractivity contribution in [2.75, 3.05) is 11.1 Å². The molecule has 2 aromatic rings. The van der Waals surface area contributed by atoms with Crippen LogP contribution in [0.1, 0.15) is 25.5 Å². The van der Waals surface area contributed by atoms with Crippen molar-refractivity contribution in [3.05, 3.63) is 23.2 Å². The number of nitrogens with two attached hydrogens (primary N) is 1. The van der Waals surface area contributed by atoms with Crippen LogP contribution < -0.4 is 11.1 Å². The molecule has 2 heterocycles. The first-order valence-electron chi connectivity index (χ1n) is 4.97. The molecule has 3 N–H and O–H groups in total. The third-order valence-electron chi connectivity index (χ3n) is 2.03. The standard InChI is InChI=1S/C10H13N5S/c1-6(2)7-5-16-10(12-7)13-9-4-3-8(11)14-15-9/h3-6H,1-2H3,(H2,11,14)(H,12,13,15). The van der Waals surface area contributed by atoms with Crippen LogP contribution in [0.5, 0.6) is 0 Å². The van der Waals surface area contributed by atoms with Gasteiger partial charge in [-0.2, -0.15) is 0 Å². The van der Waals surface area contributed by atoms with Crippen molar-refractivity contribution in [1.29, 1.82) is 0 Å². The van der Waals surface area contributed by atoms with Gasteiger partial charge >= 0.3 is 0 Å². The Bertz CT molecular complexity index is 462. The summed E-state index contributed by atoms with van der Waals surface area (Å²) in [5.74, 6) is 1.50. The average Bonchev–Trinajstić information content (AvgIpc) is 2.70. The van der Waals surface area contributed by atoms with Crippen molar-refractivity contribution >= 4 is 28.1 Å². The maximum Gasteiger partial charge on any atom is 0.188 e. The summed E-state index contributed by atoms with van der Waals surface area (Å²) in [6, 6.07) is 3.48. The molecule has 0 atom stereocenters. The Kier molecular flexibility index (Phi) is 3.00. The van der Waals surface area contributed by atoms with Gasteiger partial charge in [-0.05, 0) is 18.1 Å². The van der Waals surface area contributed by atoms with Crippen LogP contribution in [0.2, 0.25) is 0 Å². The van der Waals surface area contributed by atoms with Crippen molar-refractivity contribution < 1.29 is 0 Å². The van der Waals surface area contributed by atoms with Gasteiger partial charge in [0.05, 0.1) is 5.69 Å². The second kappa shape index (κ2) is 4.44. The van der Waals surface area contributed by atoms with Crippen LogP contribution in [-0.4, -0.2) is 15.2 Å². The molecule has 2 rings (SSSR count). The molecule has 0 amide bonds. The minimum Gasteiger partial charge on any atom is -0.382 e. The molecular weight excluding hydrogens is 222 g/mol. The second-order valence-corrected chi connectivity index (χ2v) is 4.56. The molecule has 0 bridgehead atoms. The van der Waals surface area contributed by atoms with Gasteiger partial charge < -0.3 is 11.1 Å². The van der Waals surface area contributed by atoms with Crippen molar-refractivity contribution in [1.82, 2.24) is 15.2 Å². The number of nitrogens with one attached hydrogen (secondary N) is 1. The third-order valence-corrected chi connectivity index (χ3v) is 2.81. The Hall–Kier alpha value is -1.69. The normalized spacial score (nSPS) is 10.7. The molecule has 6 heteroatoms. The molecule has 0 aliphatic carbocycles. The summed E-state index contributed by atoms with van der Waals surface area (Å²) in [7, 11) is 0. The van der Waals surface area contributed by atoms with E-state index >= 15 is 0 Å². The van der Waals surface area contributed by atoms with E-state index in [9.17, 15) is 0 Å². The quantitative estimate of drug-likeness (QED) is 0.854. The van der Waals surface area contributed by atoms with E-state index in [-0.39, 0.29) is 0 Å². The Morgan fingerprint density at radius 2 is 2.12 bits per heavy atom. The van der Waals surface area contributed by atoms with Gasteiger partial charge in [-0.25, -0.2) is 4.98 Å². The number of aromatic nitrogens is 3. The Balaban J connectivity index is 2.11. The first-order chi connectivity index (χ1) is 7.65. The highest BCUT2D eigenvalue weighted by Crippen LogP contribution is 2.23. The molecule has 84 valence electrons. The summed E-state index contributed by atoms with van der Waals surface area (Å²) in [5.41, 5.74) is 6.53. The molecule has 0 saturated carbocycles. The van der Waals surface area contributed by atoms with E-state index in [1.165, 1.54) is 0 Å². The molecule has 0 radical (unpaired) electrons. The van der Waals surface area contributed by atoms with Crippen LogP contribution in [0.15, 0.2) is 17.5 Å². The summed E-state index contributed by atoms with van der Waals surface area (Å²) < 4.78 is 0. The SMILES string of the molecule is CC(C)c1csc(Nc2ccc(N)nn2)n1. The smallest absolute Gasteiger partial charge is 0.188 e. The summed E-state index contributed by atoms with van der Waals surface area (Å²) in [5, 5.41) is 13.6. The average molecular weight is 235 g/mol. The largest absolute Gasteiger partial charge is 0.382 e. The lowest BCUT2D eigenvalue weighted by Gasteiger charge is -2.00. The van der Waals surface area contributed by atoms with Gasteiger partial charge in [0.15, 0.2) is 10.9 Å². The summed E-state index contributed by atoms with van der Waals surface area (Å²) in [6.45, 7) is 4.23. The van der Waals surface area contributed by atoms with Crippen molar-refractivity contribution in [2.24, 2.45) is 0 Å². The summed E-state index contributed by atoms with van der Waals surface area (Å²) >= 11 is 1.56. The van der Waals surface area contributed by atoms with Crippen LogP contribution in [0.25, 0.3) is 0 Å². The van der Waals surface area contributed by atoms with E-state index in [0.717, 1.165) is 10.8 Å². The van der Waals surface area contributed by atoms with Gasteiger partial charge in [0.1, 0.15) is 5.82 Å². The topological polar surface area (TPSA) is 76.7 Å². The van der Waals surface area contributed by atoms with Gasteiger partial charge in [0, 0.05) is 5.38 Å². The maximum absolute atomic E-state index is 5.45. The third kappa shape index (κ3) is 2.46. The van der Waals surface area contributed by atoms with E-state index in [4.69, 9.17) is 5.73 Å². The Morgan fingerprint density at radius 3 is 2.69 bits per heavy atom. The van der Waals surface area contributed by atoms with Crippen molar-refractivity contribution in [2.45, 2.75) is 19.8 Å². The maximum atomic E-state index is 5.45. The van der Waals surface area contributed by atoms with E-state index in [1.807, 2.05) is 5.38 Å². The molecule has 0 aromatic carbocycles. The number of anilines is 3. The van der Waals surface area contributed by atoms with Crippen LogP contribution in [-0.2, 0) is 0 Å². The zero-order chi connectivity index (χ0) is 11.5. The minimum atomic E-state index is 0.410. The highest BCUT2D eigenvalue weighted by Gasteiger charge is 2.06. The van der Waals surface area contributed by atoms with Gasteiger partial charge in [-0.1, -0.05) is 13.8 Å². The minimum absolute atomic E-state index is 0.410. The van der Waals surface area contributed by atoms with Gasteiger partial charge in [0.25, 0.3) is 0 Å². The fraction of sp³-hybridized carbons (Fsp3) is 0.300. The first kappa shape index (κ1) is 10.8. The molecular formula is C10H13N5S. The van der Waals surface area contributed by atoms with E-state index in [1.54, 1.807) is 23.5 Å². The van der Waals surface area contributed by atoms with Crippen molar-refractivity contribution in [3.63, 3.8) is 0 Å². The molecule has 0 unspecified atom stereocenters. The number of hydrogen-bond acceptors (Lipinski definition) is 6. The Morgan fingerprint density at radius 1 is 1.31 bits per heavy atom. The number of nitrogens with zero attached hydrogens (tertiary/aromatic N) is 3. The lowest BCUT2D eigenvalue weighted by Crippen LogP contribution is -1.98. The molecule has 0 aliphatic rings. The molecule has 2 aromatic heterocycles. The second-order valence-electron chi connectivity index (χ2n) is 3.70. The van der Waals surface area contributed by atoms with Crippen molar-refractivity contribution in [3.8, 4) is 0 Å². The van der Waals surface area contributed by atoms with E-state index in [0.29, 0.717) is 17.6 Å². The van der Waals surface area contributed by atoms with E-state index < -0.39 is 0 Å². The fourth-order valence-corrected chi connectivity index (χ4v) is 2.01. The molecule has 0 saturated heterocycles. The van der Waals surface area contributed by atoms with Gasteiger partial charge in [-0.15, -0.1) is 21.5 Å². The molecule has 16 heavy (non-hydrogen) atoms. The lowest BCUT2D eigenvalue weighted by atomic mass is 10.2. The van der Waals surface area contributed by atoms with Crippen LogP contribution in [0.4, 0.5) is 16.8 Å². The van der Waals surface area contributed by atoms with Crippen LogP contribution in [0.3, 0.4) is 0 Å². The monoisotopic (exact) mass is 235 g/mol. The number of hydrogen-bond donors (Lipinski definition) is 2. The number of thiazole rings is 1. The molecule has 5 nitrogen and oxygen atoms in total. The lowest BCUT2D eigenvalue weighted by molar-refractivity contribution is 0.834. The van der Waals surface area contributed by atoms with Crippen LogP contribution >= 0.6 is 11.3 Å². The van der Waals surface area contributed by atoms with Gasteiger partial charge in [-0.3, -0.25) is 0 Å². The fourth-order valence-electron chi connectivity index (χ4n) is 1.13. The van der Waals surface area contributed by atoms with Crippen LogP contribution in [0, 0.1) is 0 Å². The number of rotatable bonds is 3. The zero-order valence-electron chi connectivity index (χ0n) is 9.14. The number of nitrogen functional groups attached to an aromatic ring is 1. The highest BCUT2D eigenvalue weighted by atomic mass is 32.1. The summed E-state index contributed by atoms with van der Waals surface area (Å²) in [6.07, 6.45) is 0. The molecule has 0 spiro atoms. The molecule has 0 fully saturated rings. The highest BCUT2D eigenvalue weighted by molar-refractivity contribution is 7.13. The zero-order valence-corrected chi connectivity index (χ0v) is 9.95.